The number of ether oxygens (including phenoxy) is 1. The maximum atomic E-state index is 13.4. The van der Waals surface area contributed by atoms with Crippen molar-refractivity contribution in [3.63, 3.8) is 0 Å². The standard InChI is InChI=1S/C27H38N4O2/c1-5-7-11-21(6-2)27(32)30-15-14-24-23(18-30)26(31-16-19(3)33-20(4)17-31)29-25(28-24)22-12-9-8-10-13-22/h8-10,12-13,19-21H,5-7,11,14-18H2,1-4H3. The third kappa shape index (κ3) is 5.37. The van der Waals surface area contributed by atoms with Crippen molar-refractivity contribution in [2.45, 2.75) is 78.6 Å². The van der Waals surface area contributed by atoms with E-state index in [1.165, 1.54) is 0 Å². The van der Waals surface area contributed by atoms with Gasteiger partial charge in [0.05, 0.1) is 24.4 Å². The zero-order chi connectivity index (χ0) is 23.4. The fraction of sp³-hybridized carbons (Fsp3) is 0.593. The molecule has 6 nitrogen and oxygen atoms in total. The number of carbonyl (C=O) groups excluding carboxylic acids is 1. The molecular formula is C27H38N4O2. The molecule has 1 aromatic heterocycles. The van der Waals surface area contributed by atoms with Gasteiger partial charge in [-0.25, -0.2) is 9.97 Å². The number of benzene rings is 1. The van der Waals surface area contributed by atoms with Gasteiger partial charge in [0, 0.05) is 43.1 Å². The van der Waals surface area contributed by atoms with Crippen LogP contribution in [0.3, 0.4) is 0 Å². The van der Waals surface area contributed by atoms with Crippen molar-refractivity contribution in [1.29, 1.82) is 0 Å². The molecule has 2 aromatic rings. The van der Waals surface area contributed by atoms with Gasteiger partial charge in [0.25, 0.3) is 0 Å². The molecule has 6 heteroatoms. The van der Waals surface area contributed by atoms with Crippen LogP contribution in [0.1, 0.15) is 64.6 Å². The summed E-state index contributed by atoms with van der Waals surface area (Å²) in [6.45, 7) is 11.5. The molecule has 0 spiro atoms. The molecule has 0 radical (unpaired) electrons. The predicted molar refractivity (Wildman–Crippen MR) is 132 cm³/mol. The van der Waals surface area contributed by atoms with Gasteiger partial charge in [0.2, 0.25) is 5.91 Å². The van der Waals surface area contributed by atoms with Crippen LogP contribution in [0, 0.1) is 5.92 Å². The van der Waals surface area contributed by atoms with Gasteiger partial charge in [0.15, 0.2) is 5.82 Å². The summed E-state index contributed by atoms with van der Waals surface area (Å²) < 4.78 is 5.99. The second-order valence-electron chi connectivity index (χ2n) is 9.58. The summed E-state index contributed by atoms with van der Waals surface area (Å²) in [4.78, 5) is 27.8. The number of carbonyl (C=O) groups is 1. The number of morpholine rings is 1. The van der Waals surface area contributed by atoms with E-state index in [1.807, 2.05) is 18.2 Å². The number of fused-ring (bicyclic) bond motifs is 1. The summed E-state index contributed by atoms with van der Waals surface area (Å²) in [5, 5.41) is 0. The Morgan fingerprint density at radius 3 is 2.52 bits per heavy atom. The first kappa shape index (κ1) is 23.7. The summed E-state index contributed by atoms with van der Waals surface area (Å²) >= 11 is 0. The van der Waals surface area contributed by atoms with Crippen molar-refractivity contribution in [2.24, 2.45) is 5.92 Å². The molecule has 33 heavy (non-hydrogen) atoms. The molecule has 2 aliphatic heterocycles. The molecule has 1 saturated heterocycles. The van der Waals surface area contributed by atoms with Crippen LogP contribution in [-0.2, 0) is 22.5 Å². The van der Waals surface area contributed by atoms with Crippen LogP contribution in [0.25, 0.3) is 11.4 Å². The molecule has 0 N–H and O–H groups in total. The fourth-order valence-corrected chi connectivity index (χ4v) is 5.12. The quantitative estimate of drug-likeness (QED) is 0.603. The Balaban J connectivity index is 1.69. The number of hydrogen-bond donors (Lipinski definition) is 0. The van der Waals surface area contributed by atoms with Crippen molar-refractivity contribution < 1.29 is 9.53 Å². The van der Waals surface area contributed by atoms with Gasteiger partial charge in [-0.15, -0.1) is 0 Å². The molecule has 1 amide bonds. The van der Waals surface area contributed by atoms with E-state index < -0.39 is 0 Å². The van der Waals surface area contributed by atoms with Gasteiger partial charge >= 0.3 is 0 Å². The van der Waals surface area contributed by atoms with Gasteiger partial charge in [0.1, 0.15) is 5.82 Å². The number of amides is 1. The van der Waals surface area contributed by atoms with E-state index in [0.29, 0.717) is 12.5 Å². The first-order valence-corrected chi connectivity index (χ1v) is 12.6. The number of aromatic nitrogens is 2. The lowest BCUT2D eigenvalue weighted by molar-refractivity contribution is -0.136. The topological polar surface area (TPSA) is 58.6 Å². The summed E-state index contributed by atoms with van der Waals surface area (Å²) in [7, 11) is 0. The molecule has 4 rings (SSSR count). The van der Waals surface area contributed by atoms with Gasteiger partial charge in [-0.2, -0.15) is 0 Å². The molecule has 0 bridgehead atoms. The second kappa shape index (κ2) is 10.6. The van der Waals surface area contributed by atoms with E-state index in [9.17, 15) is 4.79 Å². The van der Waals surface area contributed by atoms with Crippen LogP contribution in [0.4, 0.5) is 5.82 Å². The molecule has 0 saturated carbocycles. The van der Waals surface area contributed by atoms with Gasteiger partial charge in [-0.3, -0.25) is 4.79 Å². The van der Waals surface area contributed by atoms with E-state index >= 15 is 0 Å². The molecule has 3 atom stereocenters. The average molecular weight is 451 g/mol. The second-order valence-corrected chi connectivity index (χ2v) is 9.58. The third-order valence-electron chi connectivity index (χ3n) is 6.85. The smallest absolute Gasteiger partial charge is 0.225 e. The largest absolute Gasteiger partial charge is 0.372 e. The Hall–Kier alpha value is -2.47. The van der Waals surface area contributed by atoms with Crippen molar-refractivity contribution in [2.75, 3.05) is 24.5 Å². The van der Waals surface area contributed by atoms with Gasteiger partial charge in [-0.05, 0) is 26.7 Å². The van der Waals surface area contributed by atoms with Crippen molar-refractivity contribution >= 4 is 11.7 Å². The first-order valence-electron chi connectivity index (χ1n) is 12.6. The lowest BCUT2D eigenvalue weighted by Gasteiger charge is -2.39. The van der Waals surface area contributed by atoms with Crippen molar-refractivity contribution in [1.82, 2.24) is 14.9 Å². The van der Waals surface area contributed by atoms with Crippen LogP contribution >= 0.6 is 0 Å². The number of nitrogens with zero attached hydrogens (tertiary/aromatic N) is 4. The summed E-state index contributed by atoms with van der Waals surface area (Å²) in [5.41, 5.74) is 3.22. The number of rotatable bonds is 7. The van der Waals surface area contributed by atoms with E-state index in [0.717, 1.165) is 80.2 Å². The zero-order valence-electron chi connectivity index (χ0n) is 20.6. The van der Waals surface area contributed by atoms with Crippen LogP contribution in [-0.4, -0.2) is 52.6 Å². The highest BCUT2D eigenvalue weighted by molar-refractivity contribution is 5.79. The molecule has 178 valence electrons. The Labute approximate surface area is 198 Å². The fourth-order valence-electron chi connectivity index (χ4n) is 5.12. The molecular weight excluding hydrogens is 412 g/mol. The highest BCUT2D eigenvalue weighted by Gasteiger charge is 2.32. The van der Waals surface area contributed by atoms with E-state index in [4.69, 9.17) is 14.7 Å². The van der Waals surface area contributed by atoms with Crippen LogP contribution in [0.15, 0.2) is 30.3 Å². The summed E-state index contributed by atoms with van der Waals surface area (Å²) in [6.07, 6.45) is 5.16. The molecule has 1 fully saturated rings. The summed E-state index contributed by atoms with van der Waals surface area (Å²) in [6, 6.07) is 10.2. The van der Waals surface area contributed by atoms with Crippen LogP contribution in [0.2, 0.25) is 0 Å². The lowest BCUT2D eigenvalue weighted by atomic mass is 9.95. The van der Waals surface area contributed by atoms with Crippen molar-refractivity contribution in [3.8, 4) is 11.4 Å². The maximum Gasteiger partial charge on any atom is 0.225 e. The molecule has 0 aliphatic carbocycles. The minimum absolute atomic E-state index is 0.114. The monoisotopic (exact) mass is 450 g/mol. The maximum absolute atomic E-state index is 13.4. The number of hydrogen-bond acceptors (Lipinski definition) is 5. The van der Waals surface area contributed by atoms with E-state index in [2.05, 4.69) is 49.6 Å². The SMILES string of the molecule is CCCCC(CC)C(=O)N1CCc2nc(-c3ccccc3)nc(N3CC(C)OC(C)C3)c2C1. The van der Waals surface area contributed by atoms with E-state index in [-0.39, 0.29) is 18.1 Å². The number of anilines is 1. The molecule has 2 aliphatic rings. The Bertz CT molecular complexity index is 939. The minimum atomic E-state index is 0.114. The van der Waals surface area contributed by atoms with Gasteiger partial charge < -0.3 is 14.5 Å². The molecule has 1 aromatic carbocycles. The highest BCUT2D eigenvalue weighted by atomic mass is 16.5. The Kier molecular flexibility index (Phi) is 7.63. The predicted octanol–water partition coefficient (Wildman–Crippen LogP) is 4.86. The molecule has 3 unspecified atom stereocenters. The third-order valence-corrected chi connectivity index (χ3v) is 6.85. The number of unbranched alkanes of at least 4 members (excludes halogenated alkanes) is 1. The average Bonchev–Trinajstić information content (AvgIpc) is 2.83. The highest BCUT2D eigenvalue weighted by Crippen LogP contribution is 2.32. The first-order chi connectivity index (χ1) is 16.0. The molecule has 3 heterocycles. The summed E-state index contributed by atoms with van der Waals surface area (Å²) in [5.74, 6) is 2.14. The van der Waals surface area contributed by atoms with E-state index in [1.54, 1.807) is 0 Å². The Morgan fingerprint density at radius 1 is 1.12 bits per heavy atom. The van der Waals surface area contributed by atoms with Crippen LogP contribution < -0.4 is 4.90 Å². The normalized spacial score (nSPS) is 21.6. The minimum Gasteiger partial charge on any atom is -0.372 e. The van der Waals surface area contributed by atoms with Crippen LogP contribution in [0.5, 0.6) is 0 Å². The van der Waals surface area contributed by atoms with Crippen molar-refractivity contribution in [3.05, 3.63) is 41.6 Å². The lowest BCUT2D eigenvalue weighted by Crippen LogP contribution is -2.47. The zero-order valence-corrected chi connectivity index (χ0v) is 20.6. The van der Waals surface area contributed by atoms with Gasteiger partial charge in [-0.1, -0.05) is 57.0 Å². The Morgan fingerprint density at radius 2 is 1.85 bits per heavy atom.